The molecule has 0 N–H and O–H groups in total. The average Bonchev–Trinajstić information content (AvgIpc) is 1.38. The van der Waals surface area contributed by atoms with E-state index < -0.39 is 7.66 Å². The van der Waals surface area contributed by atoms with E-state index in [-0.39, 0.29) is 0 Å². The molecule has 0 aliphatic rings. The molecule has 0 aromatic rings. The lowest BCUT2D eigenvalue weighted by Gasteiger charge is -1.86. The Kier molecular flexibility index (Phi) is 3.42. The zero-order chi connectivity index (χ0) is 4.28. The standard InChI is InChI=1S/CH4Cl2OSi/c1-4-5(2)3/h5H,1H3. The van der Waals surface area contributed by atoms with Gasteiger partial charge in [-0.25, -0.2) is 0 Å². The normalized spacial score (nSPS) is 9.60. The summed E-state index contributed by atoms with van der Waals surface area (Å²) in [5, 5.41) is 0. The van der Waals surface area contributed by atoms with Gasteiger partial charge in [0.05, 0.1) is 0 Å². The molecule has 0 aromatic carbocycles. The van der Waals surface area contributed by atoms with Crippen LogP contribution in [0.5, 0.6) is 0 Å². The molecule has 1 nitrogen and oxygen atoms in total. The van der Waals surface area contributed by atoms with Gasteiger partial charge in [0.25, 0.3) is 0 Å². The van der Waals surface area contributed by atoms with Crippen LogP contribution >= 0.6 is 22.2 Å². The lowest BCUT2D eigenvalue weighted by atomic mass is 11.8. The van der Waals surface area contributed by atoms with Gasteiger partial charge in [-0.15, -0.1) is 22.2 Å². The fraction of sp³-hybridized carbons (Fsp3) is 1.00. The summed E-state index contributed by atoms with van der Waals surface area (Å²) in [6.45, 7) is 0. The maximum atomic E-state index is 5.14. The Morgan fingerprint density at radius 3 is 1.80 bits per heavy atom. The zero-order valence-electron chi connectivity index (χ0n) is 2.74. The molecule has 0 rings (SSSR count). The third-order valence-electron chi connectivity index (χ3n) is 0.178. The van der Waals surface area contributed by atoms with E-state index in [1.54, 1.807) is 0 Å². The summed E-state index contributed by atoms with van der Waals surface area (Å²) >= 11 is 10.3. The average molecular weight is 131 g/mol. The van der Waals surface area contributed by atoms with Crippen molar-refractivity contribution >= 4 is 29.8 Å². The smallest absolute Gasteiger partial charge is 0.372 e. The van der Waals surface area contributed by atoms with Crippen molar-refractivity contribution < 1.29 is 4.43 Å². The summed E-state index contributed by atoms with van der Waals surface area (Å²) in [6, 6.07) is 0. The molecule has 0 saturated carbocycles. The van der Waals surface area contributed by atoms with Gasteiger partial charge in [0, 0.05) is 7.11 Å². The molecule has 0 heterocycles. The molecule has 0 unspecified atom stereocenters. The van der Waals surface area contributed by atoms with E-state index in [1.165, 1.54) is 7.11 Å². The molecule has 0 amide bonds. The molecule has 0 saturated heterocycles. The van der Waals surface area contributed by atoms with Crippen LogP contribution in [0.3, 0.4) is 0 Å². The highest BCUT2D eigenvalue weighted by atomic mass is 35.7. The van der Waals surface area contributed by atoms with Crippen molar-refractivity contribution in [3.8, 4) is 0 Å². The van der Waals surface area contributed by atoms with Crippen LogP contribution in [-0.4, -0.2) is 14.8 Å². The number of halogens is 2. The molecular weight excluding hydrogens is 127 g/mol. The second-order valence-electron chi connectivity index (χ2n) is 0.496. The Labute approximate surface area is 42.0 Å². The number of hydrogen-bond acceptors (Lipinski definition) is 1. The molecule has 0 spiro atoms. The lowest BCUT2D eigenvalue weighted by molar-refractivity contribution is 0.449. The minimum absolute atomic E-state index is 1.50. The van der Waals surface area contributed by atoms with Crippen LogP contribution in [0.15, 0.2) is 0 Å². The van der Waals surface area contributed by atoms with Gasteiger partial charge in [-0.3, -0.25) is 0 Å². The molecule has 0 aliphatic heterocycles. The van der Waals surface area contributed by atoms with E-state index in [2.05, 4.69) is 4.43 Å². The Morgan fingerprint density at radius 2 is 1.80 bits per heavy atom. The van der Waals surface area contributed by atoms with E-state index in [1.807, 2.05) is 0 Å². The summed E-state index contributed by atoms with van der Waals surface area (Å²) in [5.41, 5.74) is 0. The van der Waals surface area contributed by atoms with Crippen molar-refractivity contribution in [1.82, 2.24) is 0 Å². The third-order valence-corrected chi connectivity index (χ3v) is 1.60. The summed E-state index contributed by atoms with van der Waals surface area (Å²) in [6.07, 6.45) is 0. The first-order valence-corrected chi connectivity index (χ1v) is 5.04. The van der Waals surface area contributed by atoms with E-state index in [9.17, 15) is 0 Å². The minimum atomic E-state index is -1.71. The maximum absolute atomic E-state index is 5.14. The predicted octanol–water partition coefficient (Wildman–Crippen LogP) is 0.828. The van der Waals surface area contributed by atoms with Gasteiger partial charge in [-0.05, 0) is 0 Å². The molecular formula is CH4Cl2OSi. The quantitative estimate of drug-likeness (QED) is 0.378. The fourth-order valence-corrected chi connectivity index (χ4v) is 0. The third kappa shape index (κ3) is 4.76. The first-order valence-electron chi connectivity index (χ1n) is 1.08. The van der Waals surface area contributed by atoms with Gasteiger partial charge in [-0.2, -0.15) is 0 Å². The van der Waals surface area contributed by atoms with Gasteiger partial charge >= 0.3 is 7.66 Å². The molecule has 0 aliphatic carbocycles. The van der Waals surface area contributed by atoms with Crippen LogP contribution in [0.1, 0.15) is 0 Å². The minimum Gasteiger partial charge on any atom is -0.398 e. The van der Waals surface area contributed by atoms with Gasteiger partial charge in [0.1, 0.15) is 0 Å². The maximum Gasteiger partial charge on any atom is 0.372 e. The topological polar surface area (TPSA) is 9.23 Å². The van der Waals surface area contributed by atoms with Crippen LogP contribution in [0, 0.1) is 0 Å². The molecule has 0 fully saturated rings. The molecule has 32 valence electrons. The summed E-state index contributed by atoms with van der Waals surface area (Å²) in [4.78, 5) is 0. The molecule has 4 heteroatoms. The molecule has 0 radical (unpaired) electrons. The van der Waals surface area contributed by atoms with Gasteiger partial charge in [0.15, 0.2) is 0 Å². The van der Waals surface area contributed by atoms with Crippen molar-refractivity contribution in [1.29, 1.82) is 0 Å². The summed E-state index contributed by atoms with van der Waals surface area (Å²) in [5.74, 6) is 0. The highest BCUT2D eigenvalue weighted by Gasteiger charge is 1.92. The SMILES string of the molecule is CO[SiH](Cl)Cl. The van der Waals surface area contributed by atoms with Crippen molar-refractivity contribution in [3.63, 3.8) is 0 Å². The van der Waals surface area contributed by atoms with Crippen LogP contribution in [0.2, 0.25) is 0 Å². The zero-order valence-corrected chi connectivity index (χ0v) is 5.41. The van der Waals surface area contributed by atoms with E-state index >= 15 is 0 Å². The largest absolute Gasteiger partial charge is 0.398 e. The van der Waals surface area contributed by atoms with Crippen molar-refractivity contribution in [2.45, 2.75) is 0 Å². The van der Waals surface area contributed by atoms with Crippen molar-refractivity contribution in [3.05, 3.63) is 0 Å². The van der Waals surface area contributed by atoms with Crippen molar-refractivity contribution in [2.75, 3.05) is 7.11 Å². The van der Waals surface area contributed by atoms with E-state index in [0.29, 0.717) is 0 Å². The lowest BCUT2D eigenvalue weighted by Crippen LogP contribution is -1.93. The van der Waals surface area contributed by atoms with Crippen LogP contribution in [0.25, 0.3) is 0 Å². The number of rotatable bonds is 1. The second-order valence-corrected chi connectivity index (χ2v) is 4.54. The summed E-state index contributed by atoms with van der Waals surface area (Å²) in [7, 11) is -0.208. The predicted molar refractivity (Wildman–Crippen MR) is 25.9 cm³/mol. The van der Waals surface area contributed by atoms with E-state index in [0.717, 1.165) is 0 Å². The highest BCUT2D eigenvalue weighted by molar-refractivity contribution is 7.30. The fourth-order valence-electron chi connectivity index (χ4n) is 0. The number of hydrogen-bond donors (Lipinski definition) is 0. The van der Waals surface area contributed by atoms with Gasteiger partial charge < -0.3 is 4.43 Å². The molecule has 0 aromatic heterocycles. The second kappa shape index (κ2) is 2.97. The van der Waals surface area contributed by atoms with Gasteiger partial charge in [0.2, 0.25) is 0 Å². The van der Waals surface area contributed by atoms with E-state index in [4.69, 9.17) is 22.2 Å². The first kappa shape index (κ1) is 5.76. The van der Waals surface area contributed by atoms with Crippen molar-refractivity contribution in [2.24, 2.45) is 0 Å². The Morgan fingerprint density at radius 1 is 1.60 bits per heavy atom. The van der Waals surface area contributed by atoms with Crippen LogP contribution < -0.4 is 0 Å². The Bertz CT molecular complexity index is 23.6. The van der Waals surface area contributed by atoms with Gasteiger partial charge in [-0.1, -0.05) is 0 Å². The molecule has 0 atom stereocenters. The molecule has 5 heavy (non-hydrogen) atoms. The monoisotopic (exact) mass is 130 g/mol. The Hall–Kier alpha value is 0.757. The Balaban J connectivity index is 2.54. The van der Waals surface area contributed by atoms with Crippen LogP contribution in [-0.2, 0) is 4.43 Å². The molecule has 0 bridgehead atoms. The summed E-state index contributed by atoms with van der Waals surface area (Å²) < 4.78 is 4.42. The highest BCUT2D eigenvalue weighted by Crippen LogP contribution is 1.92. The first-order chi connectivity index (χ1) is 2.27. The van der Waals surface area contributed by atoms with Crippen LogP contribution in [0.4, 0.5) is 0 Å².